The zero-order chi connectivity index (χ0) is 10.8. The molecule has 2 heterocycles. The van der Waals surface area contributed by atoms with E-state index < -0.39 is 0 Å². The van der Waals surface area contributed by atoms with Gasteiger partial charge in [0.15, 0.2) is 0 Å². The van der Waals surface area contributed by atoms with Crippen molar-refractivity contribution in [2.45, 2.75) is 12.8 Å². The van der Waals surface area contributed by atoms with Crippen LogP contribution in [0.1, 0.15) is 11.3 Å². The van der Waals surface area contributed by atoms with Crippen molar-refractivity contribution in [3.05, 3.63) is 21.7 Å². The summed E-state index contributed by atoms with van der Waals surface area (Å²) in [6, 6.07) is 0. The second-order valence-electron chi connectivity index (χ2n) is 3.90. The van der Waals surface area contributed by atoms with Gasteiger partial charge in [0.25, 0.3) is 0 Å². The summed E-state index contributed by atoms with van der Waals surface area (Å²) in [4.78, 5) is 20.3. The first-order valence-corrected chi connectivity index (χ1v) is 5.19. The van der Waals surface area contributed by atoms with Crippen molar-refractivity contribution in [1.82, 2.24) is 14.9 Å². The smallest absolute Gasteiger partial charge is 0.347 e. The lowest BCUT2D eigenvalue weighted by atomic mass is 10.1. The third kappa shape index (κ3) is 2.02. The molecular formula is C10H16N4O. The first-order valence-electron chi connectivity index (χ1n) is 5.19. The summed E-state index contributed by atoms with van der Waals surface area (Å²) in [7, 11) is 3.90. The van der Waals surface area contributed by atoms with Gasteiger partial charge in [-0.15, -0.1) is 0 Å². The molecule has 1 aromatic heterocycles. The van der Waals surface area contributed by atoms with Crippen molar-refractivity contribution in [3.63, 3.8) is 0 Å². The Morgan fingerprint density at radius 1 is 1.40 bits per heavy atom. The Morgan fingerprint density at radius 3 is 2.87 bits per heavy atom. The lowest BCUT2D eigenvalue weighted by Crippen LogP contribution is -2.20. The van der Waals surface area contributed by atoms with E-state index in [2.05, 4.69) is 27.2 Å². The van der Waals surface area contributed by atoms with Crippen LogP contribution in [0.5, 0.6) is 0 Å². The molecule has 2 N–H and O–H groups in total. The van der Waals surface area contributed by atoms with Crippen LogP contribution in [0.4, 0.5) is 5.82 Å². The Morgan fingerprint density at radius 2 is 2.13 bits per heavy atom. The highest BCUT2D eigenvalue weighted by molar-refractivity contribution is 5.46. The predicted octanol–water partition coefficient (Wildman–Crippen LogP) is -0.158. The van der Waals surface area contributed by atoms with Gasteiger partial charge < -0.3 is 15.2 Å². The van der Waals surface area contributed by atoms with Gasteiger partial charge in [-0.2, -0.15) is 4.98 Å². The molecule has 1 aliphatic heterocycles. The maximum absolute atomic E-state index is 11.3. The molecule has 0 unspecified atom stereocenters. The van der Waals surface area contributed by atoms with Gasteiger partial charge >= 0.3 is 5.69 Å². The van der Waals surface area contributed by atoms with Gasteiger partial charge in [0.2, 0.25) is 0 Å². The molecule has 0 radical (unpaired) electrons. The molecule has 0 spiro atoms. The summed E-state index contributed by atoms with van der Waals surface area (Å²) in [6.45, 7) is 1.99. The van der Waals surface area contributed by atoms with Gasteiger partial charge in [-0.1, -0.05) is 0 Å². The fourth-order valence-corrected chi connectivity index (χ4v) is 1.95. The molecule has 1 aliphatic rings. The molecule has 0 fully saturated rings. The minimum Gasteiger partial charge on any atom is -0.373 e. The number of anilines is 1. The van der Waals surface area contributed by atoms with Crippen molar-refractivity contribution >= 4 is 5.82 Å². The molecule has 0 atom stereocenters. The van der Waals surface area contributed by atoms with E-state index in [-0.39, 0.29) is 5.69 Å². The lowest BCUT2D eigenvalue weighted by Gasteiger charge is -2.11. The normalized spacial score (nSPS) is 16.9. The third-order valence-electron chi connectivity index (χ3n) is 2.85. The van der Waals surface area contributed by atoms with Gasteiger partial charge in [-0.05, 0) is 13.5 Å². The molecule has 0 aromatic carbocycles. The summed E-state index contributed by atoms with van der Waals surface area (Å²) < 4.78 is 0. The molecule has 0 bridgehead atoms. The van der Waals surface area contributed by atoms with Crippen LogP contribution in [0.2, 0.25) is 0 Å². The summed E-state index contributed by atoms with van der Waals surface area (Å²) in [6.07, 6.45) is 1.82. The van der Waals surface area contributed by atoms with E-state index in [9.17, 15) is 4.79 Å². The number of aromatic amines is 1. The van der Waals surface area contributed by atoms with Gasteiger partial charge in [0, 0.05) is 37.8 Å². The van der Waals surface area contributed by atoms with Crippen LogP contribution in [0.15, 0.2) is 4.79 Å². The minimum absolute atomic E-state index is 0.261. The monoisotopic (exact) mass is 208 g/mol. The number of nitrogens with zero attached hydrogens (tertiary/aromatic N) is 2. The third-order valence-corrected chi connectivity index (χ3v) is 2.85. The average molecular weight is 208 g/mol. The van der Waals surface area contributed by atoms with Crippen LogP contribution in [0, 0.1) is 0 Å². The Labute approximate surface area is 88.5 Å². The van der Waals surface area contributed by atoms with E-state index in [4.69, 9.17) is 0 Å². The standard InChI is InChI=1S/C10H16N4O/c1-11-9-7-3-5-14(2)6-4-8(7)12-10(15)13-9/h3-6H2,1-2H3,(H2,11,12,13,15). The maximum atomic E-state index is 11.3. The molecule has 2 rings (SSSR count). The number of hydrogen-bond donors (Lipinski definition) is 2. The van der Waals surface area contributed by atoms with Crippen LogP contribution in [-0.4, -0.2) is 42.1 Å². The minimum atomic E-state index is -0.261. The van der Waals surface area contributed by atoms with Crippen LogP contribution in [0.25, 0.3) is 0 Å². The van der Waals surface area contributed by atoms with Crippen molar-refractivity contribution in [1.29, 1.82) is 0 Å². The fourth-order valence-electron chi connectivity index (χ4n) is 1.95. The van der Waals surface area contributed by atoms with Crippen LogP contribution in [0.3, 0.4) is 0 Å². The van der Waals surface area contributed by atoms with E-state index in [1.165, 1.54) is 0 Å². The maximum Gasteiger partial charge on any atom is 0.347 e. The first kappa shape index (κ1) is 10.2. The quantitative estimate of drug-likeness (QED) is 0.673. The van der Waals surface area contributed by atoms with Gasteiger partial charge in [0.1, 0.15) is 5.82 Å². The highest BCUT2D eigenvalue weighted by atomic mass is 16.1. The number of fused-ring (bicyclic) bond motifs is 1. The molecule has 0 amide bonds. The highest BCUT2D eigenvalue weighted by Gasteiger charge is 2.16. The number of hydrogen-bond acceptors (Lipinski definition) is 4. The van der Waals surface area contributed by atoms with Crippen molar-refractivity contribution in [2.75, 3.05) is 32.5 Å². The van der Waals surface area contributed by atoms with E-state index >= 15 is 0 Å². The second-order valence-corrected chi connectivity index (χ2v) is 3.90. The summed E-state index contributed by atoms with van der Waals surface area (Å²) >= 11 is 0. The average Bonchev–Trinajstić information content (AvgIpc) is 2.40. The van der Waals surface area contributed by atoms with E-state index in [0.717, 1.165) is 43.0 Å². The topological polar surface area (TPSA) is 61.0 Å². The summed E-state index contributed by atoms with van der Waals surface area (Å²) in [5, 5.41) is 2.99. The number of H-pyrrole nitrogens is 1. The number of aromatic nitrogens is 2. The highest BCUT2D eigenvalue weighted by Crippen LogP contribution is 2.17. The number of likely N-dealkylation sites (N-methyl/N-ethyl adjacent to an activating group) is 1. The van der Waals surface area contributed by atoms with Crippen molar-refractivity contribution < 1.29 is 0 Å². The van der Waals surface area contributed by atoms with E-state index in [1.54, 1.807) is 7.05 Å². The second kappa shape index (κ2) is 4.02. The Kier molecular flexibility index (Phi) is 2.73. The summed E-state index contributed by atoms with van der Waals surface area (Å²) in [5.74, 6) is 0.726. The van der Waals surface area contributed by atoms with E-state index in [0.29, 0.717) is 0 Å². The van der Waals surface area contributed by atoms with Crippen LogP contribution < -0.4 is 11.0 Å². The fraction of sp³-hybridized carbons (Fsp3) is 0.600. The molecular weight excluding hydrogens is 192 g/mol. The number of rotatable bonds is 1. The molecule has 15 heavy (non-hydrogen) atoms. The zero-order valence-electron chi connectivity index (χ0n) is 9.13. The Hall–Kier alpha value is -1.36. The van der Waals surface area contributed by atoms with Crippen molar-refractivity contribution in [2.24, 2.45) is 0 Å². The van der Waals surface area contributed by atoms with Gasteiger partial charge in [-0.3, -0.25) is 0 Å². The Balaban J connectivity index is 2.46. The first-order chi connectivity index (χ1) is 7.20. The predicted molar refractivity (Wildman–Crippen MR) is 59.3 cm³/mol. The van der Waals surface area contributed by atoms with E-state index in [1.807, 2.05) is 0 Å². The van der Waals surface area contributed by atoms with Gasteiger partial charge in [-0.25, -0.2) is 4.79 Å². The Bertz CT molecular complexity index is 412. The van der Waals surface area contributed by atoms with Crippen LogP contribution in [-0.2, 0) is 12.8 Å². The van der Waals surface area contributed by atoms with Crippen LogP contribution >= 0.6 is 0 Å². The molecule has 5 nitrogen and oxygen atoms in total. The molecule has 0 saturated carbocycles. The molecule has 0 aliphatic carbocycles. The molecule has 82 valence electrons. The lowest BCUT2D eigenvalue weighted by molar-refractivity contribution is 0.352. The SMILES string of the molecule is CNc1nc(=O)[nH]c2c1CCN(C)CC2. The largest absolute Gasteiger partial charge is 0.373 e. The molecule has 5 heteroatoms. The molecule has 0 saturated heterocycles. The molecule has 1 aromatic rings. The number of nitrogens with one attached hydrogen (secondary N) is 2. The van der Waals surface area contributed by atoms with Crippen molar-refractivity contribution in [3.8, 4) is 0 Å². The summed E-state index contributed by atoms with van der Waals surface area (Å²) in [5.41, 5.74) is 1.92. The van der Waals surface area contributed by atoms with Gasteiger partial charge in [0.05, 0.1) is 0 Å². The zero-order valence-corrected chi connectivity index (χ0v) is 9.13.